The smallest absolute Gasteiger partial charge is 0.135 e. The van der Waals surface area contributed by atoms with Gasteiger partial charge in [0.1, 0.15) is 22.4 Å². The number of aliphatic hydroxyl groups excluding tert-OH is 2. The Hall–Kier alpha value is -0.240. The van der Waals surface area contributed by atoms with Crippen molar-refractivity contribution >= 4 is 0 Å². The number of hydrogen-bond acceptors (Lipinski definition) is 6. The van der Waals surface area contributed by atoms with E-state index >= 15 is 0 Å². The third-order valence-electron chi connectivity index (χ3n) is 4.44. The summed E-state index contributed by atoms with van der Waals surface area (Å²) in [6.07, 6.45) is 0. The molecule has 0 amide bonds. The molecule has 0 aromatic carbocycles. The Morgan fingerprint density at radius 2 is 1.06 bits per heavy atom. The van der Waals surface area contributed by atoms with Gasteiger partial charge in [-0.25, -0.2) is 0 Å². The molecule has 102 valence electrons. The van der Waals surface area contributed by atoms with Crippen LogP contribution in [0.15, 0.2) is 0 Å². The largest absolute Gasteiger partial charge is 0.393 e. The van der Waals surface area contributed by atoms with E-state index in [4.69, 9.17) is 10.2 Å². The Morgan fingerprint density at radius 3 is 1.24 bits per heavy atom. The van der Waals surface area contributed by atoms with Gasteiger partial charge in [-0.15, -0.1) is 0 Å². The highest BCUT2D eigenvalue weighted by Crippen LogP contribution is 2.72. The van der Waals surface area contributed by atoms with Gasteiger partial charge >= 0.3 is 0 Å². The van der Waals surface area contributed by atoms with E-state index in [1.54, 1.807) is 0 Å². The highest BCUT2D eigenvalue weighted by Gasteiger charge is 2.92. The van der Waals surface area contributed by atoms with Crippen molar-refractivity contribution in [2.75, 3.05) is 13.2 Å². The zero-order valence-electron chi connectivity index (χ0n) is 10.6. The molecule has 1 fully saturated rings. The lowest BCUT2D eigenvalue weighted by Gasteiger charge is -2.35. The van der Waals surface area contributed by atoms with Gasteiger partial charge in [-0.05, 0) is 13.8 Å². The molecule has 6 N–H and O–H groups in total. The summed E-state index contributed by atoms with van der Waals surface area (Å²) in [5.74, 6) is 0. The average molecular weight is 250 g/mol. The highest BCUT2D eigenvalue weighted by atomic mass is 16.5. The fourth-order valence-electron chi connectivity index (χ4n) is 3.18. The first-order chi connectivity index (χ1) is 7.37. The van der Waals surface area contributed by atoms with E-state index in [0.717, 1.165) is 0 Å². The molecular formula is C11H22O6. The summed E-state index contributed by atoms with van der Waals surface area (Å²) in [5, 5.41) is 59.1. The second-order valence-electron chi connectivity index (χ2n) is 5.91. The topological polar surface area (TPSA) is 121 Å². The maximum Gasteiger partial charge on any atom is 0.135 e. The van der Waals surface area contributed by atoms with Gasteiger partial charge in [-0.2, -0.15) is 0 Å². The molecule has 0 aromatic heterocycles. The minimum atomic E-state index is -2.12. The first-order valence-electron chi connectivity index (χ1n) is 5.48. The van der Waals surface area contributed by atoms with Crippen molar-refractivity contribution in [1.29, 1.82) is 0 Å². The number of aliphatic hydroxyl groups is 6. The Balaban J connectivity index is 3.32. The number of hydrogen-bond donors (Lipinski definition) is 6. The molecule has 4 atom stereocenters. The van der Waals surface area contributed by atoms with Crippen LogP contribution >= 0.6 is 0 Å². The minimum absolute atomic E-state index is 0.781. The van der Waals surface area contributed by atoms with Crippen LogP contribution < -0.4 is 0 Å². The standard InChI is InChI=1S/C11H22O6/c1-7(2)10(16,8(3,14)5-12)11(7,17)9(4,15)6-13/h12-17H,5-6H2,1-4H3/t8-,9-,10-,11-/m1/s1. The van der Waals surface area contributed by atoms with E-state index < -0.39 is 41.0 Å². The lowest BCUT2D eigenvalue weighted by molar-refractivity contribution is -0.193. The van der Waals surface area contributed by atoms with Crippen molar-refractivity contribution in [3.8, 4) is 0 Å². The molecule has 1 saturated carbocycles. The third kappa shape index (κ3) is 1.26. The van der Waals surface area contributed by atoms with Crippen molar-refractivity contribution in [3.63, 3.8) is 0 Å². The van der Waals surface area contributed by atoms with Gasteiger partial charge in [0.15, 0.2) is 0 Å². The monoisotopic (exact) mass is 250 g/mol. The van der Waals surface area contributed by atoms with Gasteiger partial charge in [-0.1, -0.05) is 13.8 Å². The fourth-order valence-corrected chi connectivity index (χ4v) is 3.18. The summed E-state index contributed by atoms with van der Waals surface area (Å²) < 4.78 is 0. The first-order valence-corrected chi connectivity index (χ1v) is 5.48. The van der Waals surface area contributed by atoms with Crippen LogP contribution in [-0.2, 0) is 0 Å². The lowest BCUT2D eigenvalue weighted by Crippen LogP contribution is -2.58. The van der Waals surface area contributed by atoms with E-state index in [1.165, 1.54) is 27.7 Å². The van der Waals surface area contributed by atoms with Gasteiger partial charge < -0.3 is 30.6 Å². The van der Waals surface area contributed by atoms with E-state index in [0.29, 0.717) is 0 Å². The summed E-state index contributed by atoms with van der Waals surface area (Å²) in [4.78, 5) is 0. The summed E-state index contributed by atoms with van der Waals surface area (Å²) in [7, 11) is 0. The molecule has 0 heterocycles. The molecule has 0 aromatic rings. The van der Waals surface area contributed by atoms with Crippen LogP contribution in [0.2, 0.25) is 0 Å². The Kier molecular flexibility index (Phi) is 2.97. The summed E-state index contributed by atoms with van der Waals surface area (Å²) in [6.45, 7) is 3.66. The maximum atomic E-state index is 10.4. The van der Waals surface area contributed by atoms with Crippen LogP contribution in [0, 0.1) is 5.41 Å². The summed E-state index contributed by atoms with van der Waals surface area (Å²) in [6, 6.07) is 0. The van der Waals surface area contributed by atoms with Crippen molar-refractivity contribution in [2.24, 2.45) is 5.41 Å². The molecule has 0 spiro atoms. The van der Waals surface area contributed by atoms with E-state index in [9.17, 15) is 20.4 Å². The molecule has 17 heavy (non-hydrogen) atoms. The normalized spacial score (nSPS) is 42.7. The molecule has 1 aliphatic rings. The Labute approximate surface area is 100 Å². The molecule has 1 aliphatic carbocycles. The van der Waals surface area contributed by atoms with Crippen molar-refractivity contribution < 1.29 is 30.6 Å². The predicted octanol–water partition coefficient (Wildman–Crippen LogP) is -2.02. The highest BCUT2D eigenvalue weighted by molar-refractivity contribution is 5.42. The summed E-state index contributed by atoms with van der Waals surface area (Å²) >= 11 is 0. The first kappa shape index (κ1) is 14.8. The second kappa shape index (κ2) is 3.40. The van der Waals surface area contributed by atoms with E-state index in [-0.39, 0.29) is 0 Å². The third-order valence-corrected chi connectivity index (χ3v) is 4.44. The fraction of sp³-hybridized carbons (Fsp3) is 1.00. The molecule has 6 nitrogen and oxygen atoms in total. The van der Waals surface area contributed by atoms with Crippen LogP contribution in [0.4, 0.5) is 0 Å². The molecule has 0 radical (unpaired) electrons. The average Bonchev–Trinajstić information content (AvgIpc) is 2.61. The number of rotatable bonds is 4. The van der Waals surface area contributed by atoms with Crippen molar-refractivity contribution in [1.82, 2.24) is 0 Å². The summed E-state index contributed by atoms with van der Waals surface area (Å²) in [5.41, 5.74) is -9.50. The molecule has 0 bridgehead atoms. The van der Waals surface area contributed by atoms with E-state index in [1.807, 2.05) is 0 Å². The van der Waals surface area contributed by atoms with E-state index in [2.05, 4.69) is 0 Å². The molecule has 0 unspecified atom stereocenters. The van der Waals surface area contributed by atoms with Crippen LogP contribution in [0.5, 0.6) is 0 Å². The minimum Gasteiger partial charge on any atom is -0.393 e. The van der Waals surface area contributed by atoms with Crippen LogP contribution in [-0.4, -0.2) is 66.3 Å². The van der Waals surface area contributed by atoms with Crippen molar-refractivity contribution in [2.45, 2.75) is 50.1 Å². The zero-order valence-corrected chi connectivity index (χ0v) is 10.6. The van der Waals surface area contributed by atoms with Gasteiger partial charge in [-0.3, -0.25) is 0 Å². The van der Waals surface area contributed by atoms with Crippen molar-refractivity contribution in [3.05, 3.63) is 0 Å². The molecule has 0 aliphatic heterocycles. The molecule has 1 rings (SSSR count). The van der Waals surface area contributed by atoms with Crippen LogP contribution in [0.3, 0.4) is 0 Å². The predicted molar refractivity (Wildman–Crippen MR) is 59.1 cm³/mol. The molecule has 6 heteroatoms. The van der Waals surface area contributed by atoms with Crippen LogP contribution in [0.1, 0.15) is 27.7 Å². The second-order valence-corrected chi connectivity index (χ2v) is 5.91. The van der Waals surface area contributed by atoms with Gasteiger partial charge in [0.05, 0.1) is 13.2 Å². The molecule has 0 saturated heterocycles. The Morgan fingerprint density at radius 1 is 0.824 bits per heavy atom. The van der Waals surface area contributed by atoms with Crippen LogP contribution in [0.25, 0.3) is 0 Å². The van der Waals surface area contributed by atoms with Gasteiger partial charge in [0.25, 0.3) is 0 Å². The van der Waals surface area contributed by atoms with Gasteiger partial charge in [0, 0.05) is 5.41 Å². The Bertz CT molecular complexity index is 294. The quantitative estimate of drug-likeness (QED) is 0.342. The SMILES string of the molecule is CC1(C)[C@@](O)([C@](C)(O)CO)[C@]1(O)[C@](C)(O)CO. The maximum absolute atomic E-state index is 10.4. The molecular weight excluding hydrogens is 228 g/mol. The zero-order chi connectivity index (χ0) is 13.9. The van der Waals surface area contributed by atoms with Gasteiger partial charge in [0.2, 0.25) is 0 Å². The lowest BCUT2D eigenvalue weighted by atomic mass is 9.86.